The Labute approximate surface area is 117 Å². The van der Waals surface area contributed by atoms with Crippen LogP contribution in [0.2, 0.25) is 0 Å². The van der Waals surface area contributed by atoms with Crippen molar-refractivity contribution >= 4 is 22.9 Å². The van der Waals surface area contributed by atoms with E-state index in [1.54, 1.807) is 0 Å². The fourth-order valence-corrected chi connectivity index (χ4v) is 2.92. The highest BCUT2D eigenvalue weighted by Crippen LogP contribution is 2.38. The SMILES string of the molecule is Cc1nc(CN2C(=O)C(N)c3c(F)cc(F)cc32)cs1. The number of hydrogen-bond donors (Lipinski definition) is 1. The molecule has 1 aliphatic rings. The van der Waals surface area contributed by atoms with Gasteiger partial charge < -0.3 is 10.6 Å². The zero-order valence-electron chi connectivity index (χ0n) is 10.6. The summed E-state index contributed by atoms with van der Waals surface area (Å²) in [6.07, 6.45) is 0. The molecule has 104 valence electrons. The number of aryl methyl sites for hydroxylation is 1. The van der Waals surface area contributed by atoms with Gasteiger partial charge in [0.25, 0.3) is 0 Å². The molecule has 20 heavy (non-hydrogen) atoms. The molecule has 0 saturated carbocycles. The predicted molar refractivity (Wildman–Crippen MR) is 71.3 cm³/mol. The van der Waals surface area contributed by atoms with E-state index in [4.69, 9.17) is 5.73 Å². The number of amides is 1. The smallest absolute Gasteiger partial charge is 0.249 e. The lowest BCUT2D eigenvalue weighted by Gasteiger charge is -2.16. The van der Waals surface area contributed by atoms with Crippen LogP contribution in [0.4, 0.5) is 14.5 Å². The van der Waals surface area contributed by atoms with Crippen molar-refractivity contribution in [3.05, 3.63) is 45.4 Å². The van der Waals surface area contributed by atoms with Crippen molar-refractivity contribution in [2.24, 2.45) is 5.73 Å². The zero-order chi connectivity index (χ0) is 14.4. The molecule has 0 fully saturated rings. The number of carbonyl (C=O) groups is 1. The Morgan fingerprint density at radius 2 is 2.20 bits per heavy atom. The zero-order valence-corrected chi connectivity index (χ0v) is 11.4. The number of benzene rings is 1. The maximum absolute atomic E-state index is 13.8. The maximum atomic E-state index is 13.8. The van der Waals surface area contributed by atoms with E-state index in [1.165, 1.54) is 16.2 Å². The number of rotatable bonds is 2. The molecule has 4 nitrogen and oxygen atoms in total. The molecule has 1 aromatic carbocycles. The van der Waals surface area contributed by atoms with Crippen LogP contribution >= 0.6 is 11.3 Å². The molecule has 2 N–H and O–H groups in total. The van der Waals surface area contributed by atoms with Crippen LogP contribution in [0.25, 0.3) is 0 Å². The van der Waals surface area contributed by atoms with Crippen molar-refractivity contribution in [3.8, 4) is 0 Å². The van der Waals surface area contributed by atoms with Crippen LogP contribution in [0.1, 0.15) is 22.3 Å². The molecule has 1 unspecified atom stereocenters. The molecule has 0 aliphatic carbocycles. The largest absolute Gasteiger partial charge is 0.316 e. The third-order valence-electron chi connectivity index (χ3n) is 3.19. The summed E-state index contributed by atoms with van der Waals surface area (Å²) in [7, 11) is 0. The van der Waals surface area contributed by atoms with Gasteiger partial charge in [0.15, 0.2) is 0 Å². The first-order chi connectivity index (χ1) is 9.47. The molecule has 1 aromatic heterocycles. The summed E-state index contributed by atoms with van der Waals surface area (Å²) in [5.74, 6) is -1.98. The minimum absolute atomic E-state index is 0.0448. The lowest BCUT2D eigenvalue weighted by molar-refractivity contribution is -0.119. The maximum Gasteiger partial charge on any atom is 0.249 e. The Kier molecular flexibility index (Phi) is 3.02. The number of fused-ring (bicyclic) bond motifs is 1. The summed E-state index contributed by atoms with van der Waals surface area (Å²) in [5, 5.41) is 2.67. The van der Waals surface area contributed by atoms with E-state index in [0.717, 1.165) is 17.1 Å². The van der Waals surface area contributed by atoms with Crippen molar-refractivity contribution in [1.82, 2.24) is 4.98 Å². The van der Waals surface area contributed by atoms with Gasteiger partial charge >= 0.3 is 0 Å². The first-order valence-electron chi connectivity index (χ1n) is 5.94. The lowest BCUT2D eigenvalue weighted by atomic mass is 10.1. The van der Waals surface area contributed by atoms with Gasteiger partial charge in [-0.3, -0.25) is 4.79 Å². The van der Waals surface area contributed by atoms with E-state index < -0.39 is 23.6 Å². The third-order valence-corrected chi connectivity index (χ3v) is 4.02. The normalized spacial score (nSPS) is 17.7. The number of nitrogens with zero attached hydrogens (tertiary/aromatic N) is 2. The number of hydrogen-bond acceptors (Lipinski definition) is 4. The van der Waals surface area contributed by atoms with Crippen molar-refractivity contribution in [2.45, 2.75) is 19.5 Å². The van der Waals surface area contributed by atoms with Gasteiger partial charge in [-0.15, -0.1) is 11.3 Å². The topological polar surface area (TPSA) is 59.2 Å². The highest BCUT2D eigenvalue weighted by molar-refractivity contribution is 7.09. The van der Waals surface area contributed by atoms with Crippen LogP contribution in [0.3, 0.4) is 0 Å². The van der Waals surface area contributed by atoms with Gasteiger partial charge in [0, 0.05) is 17.0 Å². The lowest BCUT2D eigenvalue weighted by Crippen LogP contribution is -2.31. The standard InChI is InChI=1S/C13H11F2N3OS/c1-6-17-8(5-20-6)4-18-10-3-7(14)2-9(15)11(10)12(16)13(18)19/h2-3,5,12H,4,16H2,1H3. The molecular weight excluding hydrogens is 284 g/mol. The fourth-order valence-electron chi connectivity index (χ4n) is 2.32. The molecule has 0 saturated heterocycles. The van der Waals surface area contributed by atoms with Crippen molar-refractivity contribution in [1.29, 1.82) is 0 Å². The van der Waals surface area contributed by atoms with Gasteiger partial charge in [0.05, 0.1) is 22.9 Å². The summed E-state index contributed by atoms with van der Waals surface area (Å²) in [6, 6.07) is 0.774. The molecule has 2 aromatic rings. The monoisotopic (exact) mass is 295 g/mol. The van der Waals surface area contributed by atoms with E-state index in [-0.39, 0.29) is 17.8 Å². The molecule has 1 atom stereocenters. The van der Waals surface area contributed by atoms with E-state index in [0.29, 0.717) is 5.69 Å². The summed E-state index contributed by atoms with van der Waals surface area (Å²) in [6.45, 7) is 2.01. The Bertz CT molecular complexity index is 701. The van der Waals surface area contributed by atoms with Crippen LogP contribution < -0.4 is 10.6 Å². The van der Waals surface area contributed by atoms with E-state index in [9.17, 15) is 13.6 Å². The van der Waals surface area contributed by atoms with Crippen LogP contribution in [0.15, 0.2) is 17.5 Å². The Morgan fingerprint density at radius 3 is 2.85 bits per heavy atom. The van der Waals surface area contributed by atoms with Gasteiger partial charge in [-0.25, -0.2) is 13.8 Å². The van der Waals surface area contributed by atoms with Crippen LogP contribution in [0, 0.1) is 18.6 Å². The Balaban J connectivity index is 2.03. The predicted octanol–water partition coefficient (Wildman–Crippen LogP) is 2.28. The average Bonchev–Trinajstić information content (AvgIpc) is 2.87. The fraction of sp³-hybridized carbons (Fsp3) is 0.231. The second-order valence-corrected chi connectivity index (χ2v) is 5.64. The van der Waals surface area contributed by atoms with Crippen molar-refractivity contribution < 1.29 is 13.6 Å². The van der Waals surface area contributed by atoms with Gasteiger partial charge in [-0.2, -0.15) is 0 Å². The summed E-state index contributed by atoms with van der Waals surface area (Å²) in [4.78, 5) is 17.7. The quantitative estimate of drug-likeness (QED) is 0.924. The number of carbonyl (C=O) groups excluding carboxylic acids is 1. The average molecular weight is 295 g/mol. The number of thiazole rings is 1. The minimum atomic E-state index is -1.09. The van der Waals surface area contributed by atoms with Crippen LogP contribution in [-0.4, -0.2) is 10.9 Å². The molecule has 0 radical (unpaired) electrons. The molecular formula is C13H11F2N3OS. The second kappa shape index (κ2) is 4.60. The summed E-state index contributed by atoms with van der Waals surface area (Å²) >= 11 is 1.45. The van der Waals surface area contributed by atoms with Gasteiger partial charge in [0.1, 0.15) is 17.7 Å². The summed E-state index contributed by atoms with van der Waals surface area (Å²) in [5.41, 5.74) is 6.62. The third kappa shape index (κ3) is 1.99. The molecule has 1 amide bonds. The minimum Gasteiger partial charge on any atom is -0.316 e. The molecule has 1 aliphatic heterocycles. The molecule has 3 rings (SSSR count). The number of nitrogens with two attached hydrogens (primary N) is 1. The number of anilines is 1. The van der Waals surface area contributed by atoms with Gasteiger partial charge in [-0.05, 0) is 13.0 Å². The molecule has 0 spiro atoms. The van der Waals surface area contributed by atoms with Gasteiger partial charge in [-0.1, -0.05) is 0 Å². The van der Waals surface area contributed by atoms with E-state index in [1.807, 2.05) is 12.3 Å². The highest BCUT2D eigenvalue weighted by atomic mass is 32.1. The van der Waals surface area contributed by atoms with Crippen molar-refractivity contribution in [3.63, 3.8) is 0 Å². The first-order valence-corrected chi connectivity index (χ1v) is 6.82. The number of aromatic nitrogens is 1. The van der Waals surface area contributed by atoms with E-state index in [2.05, 4.69) is 4.98 Å². The second-order valence-electron chi connectivity index (χ2n) is 4.58. The molecule has 0 bridgehead atoms. The van der Waals surface area contributed by atoms with Crippen molar-refractivity contribution in [2.75, 3.05) is 4.90 Å². The Morgan fingerprint density at radius 1 is 1.45 bits per heavy atom. The Hall–Kier alpha value is -1.86. The first kappa shape index (κ1) is 13.1. The highest BCUT2D eigenvalue weighted by Gasteiger charge is 2.38. The summed E-state index contributed by atoms with van der Waals surface area (Å²) < 4.78 is 27.1. The van der Waals surface area contributed by atoms with Crippen LogP contribution in [0.5, 0.6) is 0 Å². The number of halogens is 2. The molecule has 2 heterocycles. The van der Waals surface area contributed by atoms with E-state index >= 15 is 0 Å². The molecule has 7 heteroatoms. The van der Waals surface area contributed by atoms with Crippen LogP contribution in [-0.2, 0) is 11.3 Å². The van der Waals surface area contributed by atoms with Gasteiger partial charge in [0.2, 0.25) is 5.91 Å².